The first-order valence-electron chi connectivity index (χ1n) is 18.2. The summed E-state index contributed by atoms with van der Waals surface area (Å²) < 4.78 is 1.45. The number of rotatable bonds is 21. The van der Waals surface area contributed by atoms with Crippen LogP contribution in [0, 0.1) is 21.4 Å². The molecule has 20 nitrogen and oxygen atoms in total. The molecule has 0 fully saturated rings. The standard InChI is InChI=1S/C36H46I6N6O14/c1-15(53)45(7-19(57)11-49)31-25(37)23(26(38)32(29(31)41)46(16(2)54)8-20(58)12-50)35(61)43-5-6-44-36(62)24-27(39)33(47(17(3)55)9-21(59)13-51)30(42)34(28(24)40)48(18(4)56)10-22(60)14-52/h19-22,49-52,57-60H,5-14H2,1-4H3,(H,43,61)(H,44,62). The van der Waals surface area contributed by atoms with Gasteiger partial charge >= 0.3 is 0 Å². The van der Waals surface area contributed by atoms with E-state index in [0.29, 0.717) is 0 Å². The number of aliphatic hydroxyl groups excluding tert-OH is 8. The number of halogens is 6. The normalized spacial score (nSPS) is 13.1. The van der Waals surface area contributed by atoms with Gasteiger partial charge in [-0.25, -0.2) is 0 Å². The van der Waals surface area contributed by atoms with Crippen molar-refractivity contribution in [2.24, 2.45) is 0 Å². The van der Waals surface area contributed by atoms with E-state index in [9.17, 15) is 69.6 Å². The minimum Gasteiger partial charge on any atom is -0.394 e. The molecule has 10 N–H and O–H groups in total. The Bertz CT molecular complexity index is 1760. The third kappa shape index (κ3) is 14.4. The lowest BCUT2D eigenvalue weighted by molar-refractivity contribution is -0.117. The average molecular weight is 1550 g/mol. The van der Waals surface area contributed by atoms with Gasteiger partial charge in [0.05, 0.1) is 132 Å². The molecular weight excluding hydrogens is 1500 g/mol. The maximum Gasteiger partial charge on any atom is 0.253 e. The molecular formula is C36H46I6N6O14. The lowest BCUT2D eigenvalue weighted by atomic mass is 10.1. The van der Waals surface area contributed by atoms with E-state index in [1.54, 1.807) is 0 Å². The highest BCUT2D eigenvalue weighted by molar-refractivity contribution is 14.1. The molecule has 0 bridgehead atoms. The van der Waals surface area contributed by atoms with Crippen molar-refractivity contribution in [2.45, 2.75) is 52.1 Å². The molecule has 2 rings (SSSR count). The summed E-state index contributed by atoms with van der Waals surface area (Å²) in [5, 5.41) is 85.2. The fourth-order valence-electron chi connectivity index (χ4n) is 5.73. The first kappa shape index (κ1) is 57.4. The molecule has 26 heteroatoms. The summed E-state index contributed by atoms with van der Waals surface area (Å²) in [6.07, 6.45) is -5.52. The highest BCUT2D eigenvalue weighted by atomic mass is 127. The van der Waals surface area contributed by atoms with Crippen LogP contribution in [0.4, 0.5) is 22.7 Å². The summed E-state index contributed by atoms with van der Waals surface area (Å²) in [5.74, 6) is -3.72. The SMILES string of the molecule is CC(=O)N(CC(O)CO)c1c(I)c(C(=O)NCCNC(=O)c2c(I)c(N(CC(O)CO)C(C)=O)c(I)c(N(CC(O)CO)C(C)=O)c2I)c(I)c(N(CC(O)CO)C(C)=O)c1I. The maximum atomic E-state index is 14.1. The van der Waals surface area contributed by atoms with Crippen molar-refractivity contribution in [3.05, 3.63) is 32.5 Å². The number of hydrogen-bond acceptors (Lipinski definition) is 14. The minimum atomic E-state index is -1.38. The van der Waals surface area contributed by atoms with Crippen molar-refractivity contribution in [1.82, 2.24) is 10.6 Å². The molecule has 2 aromatic carbocycles. The fourth-order valence-corrected chi connectivity index (χ4v) is 15.4. The lowest BCUT2D eigenvalue weighted by Crippen LogP contribution is -2.42. The molecule has 0 saturated heterocycles. The van der Waals surface area contributed by atoms with E-state index in [4.69, 9.17) is 0 Å². The molecule has 0 saturated carbocycles. The third-order valence-corrected chi connectivity index (χ3v) is 15.0. The van der Waals surface area contributed by atoms with Crippen LogP contribution in [0.25, 0.3) is 0 Å². The molecule has 2 aromatic rings. The summed E-state index contributed by atoms with van der Waals surface area (Å²) in [4.78, 5) is 84.9. The van der Waals surface area contributed by atoms with E-state index in [-0.39, 0.29) is 94.6 Å². The van der Waals surface area contributed by atoms with E-state index >= 15 is 0 Å². The summed E-state index contributed by atoms with van der Waals surface area (Å²) >= 11 is 11.2. The van der Waals surface area contributed by atoms with Gasteiger partial charge in [-0.2, -0.15) is 0 Å². The predicted octanol–water partition coefficient (Wildman–Crippen LogP) is 0.298. The summed E-state index contributed by atoms with van der Waals surface area (Å²) in [5.41, 5.74) is 0.454. The highest BCUT2D eigenvalue weighted by Gasteiger charge is 2.35. The van der Waals surface area contributed by atoms with Crippen LogP contribution in [0.5, 0.6) is 0 Å². The van der Waals surface area contributed by atoms with Crippen LogP contribution in [0.1, 0.15) is 48.4 Å². The zero-order valence-electron chi connectivity index (χ0n) is 33.5. The molecule has 4 atom stereocenters. The number of aliphatic hydroxyl groups is 8. The smallest absolute Gasteiger partial charge is 0.253 e. The van der Waals surface area contributed by atoms with Crippen LogP contribution >= 0.6 is 136 Å². The van der Waals surface area contributed by atoms with Gasteiger partial charge in [0.25, 0.3) is 11.8 Å². The summed E-state index contributed by atoms with van der Waals surface area (Å²) in [6.45, 7) is 0.128. The second kappa shape index (κ2) is 26.6. The van der Waals surface area contributed by atoms with Crippen molar-refractivity contribution in [1.29, 1.82) is 0 Å². The second-order valence-electron chi connectivity index (χ2n) is 13.4. The van der Waals surface area contributed by atoms with Gasteiger partial charge in [0, 0.05) is 40.8 Å². The van der Waals surface area contributed by atoms with Crippen molar-refractivity contribution >= 4 is 194 Å². The Kier molecular flexibility index (Phi) is 24.7. The van der Waals surface area contributed by atoms with Crippen molar-refractivity contribution in [3.8, 4) is 0 Å². The van der Waals surface area contributed by atoms with Crippen LogP contribution in [-0.4, -0.2) is 166 Å². The zero-order chi connectivity index (χ0) is 47.5. The molecule has 0 aliphatic rings. The van der Waals surface area contributed by atoms with Crippen LogP contribution in [0.2, 0.25) is 0 Å². The Hall–Kier alpha value is -0.680. The lowest BCUT2D eigenvalue weighted by Gasteiger charge is -2.32. The first-order chi connectivity index (χ1) is 28.9. The molecule has 0 radical (unpaired) electrons. The van der Waals surface area contributed by atoms with E-state index < -0.39 is 86.3 Å². The van der Waals surface area contributed by atoms with Gasteiger partial charge in [-0.1, -0.05) is 0 Å². The van der Waals surface area contributed by atoms with Gasteiger partial charge in [0.1, 0.15) is 0 Å². The molecule has 0 aliphatic heterocycles. The molecule has 0 heterocycles. The Morgan fingerprint density at radius 1 is 0.419 bits per heavy atom. The number of nitrogens with zero attached hydrogens (tertiary/aromatic N) is 4. The number of benzene rings is 2. The minimum absolute atomic E-state index is 0.0165. The molecule has 6 amide bonds. The van der Waals surface area contributed by atoms with E-state index in [1.807, 2.05) is 136 Å². The molecule has 0 aromatic heterocycles. The van der Waals surface area contributed by atoms with Gasteiger partial charge in [0.2, 0.25) is 23.6 Å². The van der Waals surface area contributed by atoms with Gasteiger partial charge in [-0.3, -0.25) is 28.8 Å². The fraction of sp³-hybridized carbons (Fsp3) is 0.500. The van der Waals surface area contributed by atoms with E-state index in [1.165, 1.54) is 27.7 Å². The average Bonchev–Trinajstić information content (AvgIpc) is 3.19. The summed E-state index contributed by atoms with van der Waals surface area (Å²) in [6, 6.07) is 0. The van der Waals surface area contributed by atoms with E-state index in [2.05, 4.69) is 10.6 Å². The van der Waals surface area contributed by atoms with Crippen molar-refractivity contribution < 1.29 is 69.6 Å². The van der Waals surface area contributed by atoms with Gasteiger partial charge in [-0.15, -0.1) is 0 Å². The number of amides is 6. The van der Waals surface area contributed by atoms with Gasteiger partial charge in [0.15, 0.2) is 0 Å². The maximum absolute atomic E-state index is 14.1. The molecule has 346 valence electrons. The topological polar surface area (TPSA) is 301 Å². The largest absolute Gasteiger partial charge is 0.394 e. The van der Waals surface area contributed by atoms with Gasteiger partial charge in [-0.05, 0) is 136 Å². The van der Waals surface area contributed by atoms with Crippen molar-refractivity contribution in [3.63, 3.8) is 0 Å². The monoisotopic (exact) mass is 1550 g/mol. The number of carbonyl (C=O) groups is 6. The number of anilines is 4. The second-order valence-corrected chi connectivity index (χ2v) is 19.9. The Morgan fingerprint density at radius 2 is 0.613 bits per heavy atom. The first-order valence-corrected chi connectivity index (χ1v) is 24.7. The summed E-state index contributed by atoms with van der Waals surface area (Å²) in [7, 11) is 0. The van der Waals surface area contributed by atoms with Crippen LogP contribution in [0.3, 0.4) is 0 Å². The molecule has 0 aliphatic carbocycles. The molecule has 0 spiro atoms. The molecule has 62 heavy (non-hydrogen) atoms. The van der Waals surface area contributed by atoms with Crippen LogP contribution in [-0.2, 0) is 19.2 Å². The number of carbonyl (C=O) groups excluding carboxylic acids is 6. The zero-order valence-corrected chi connectivity index (χ0v) is 46.4. The van der Waals surface area contributed by atoms with E-state index in [0.717, 1.165) is 19.6 Å². The molecule has 4 unspecified atom stereocenters. The van der Waals surface area contributed by atoms with Crippen molar-refractivity contribution in [2.75, 3.05) is 85.3 Å². The Balaban J connectivity index is 2.73. The third-order valence-electron chi connectivity index (χ3n) is 8.71. The Labute approximate surface area is 438 Å². The predicted molar refractivity (Wildman–Crippen MR) is 278 cm³/mol. The quantitative estimate of drug-likeness (QED) is 0.0595. The van der Waals surface area contributed by atoms with Crippen LogP contribution in [0.15, 0.2) is 0 Å². The van der Waals surface area contributed by atoms with Gasteiger partial charge < -0.3 is 71.1 Å². The highest BCUT2D eigenvalue weighted by Crippen LogP contribution is 2.44. The number of hydrogen-bond donors (Lipinski definition) is 10. The van der Waals surface area contributed by atoms with Crippen LogP contribution < -0.4 is 30.2 Å². The number of nitrogens with one attached hydrogen (secondary N) is 2. The Morgan fingerprint density at radius 3 is 0.774 bits per heavy atom.